The van der Waals surface area contributed by atoms with Crippen molar-refractivity contribution < 1.29 is 41.1 Å². The standard InChI is InChI=1S/C21H22F3N3O6S/c1-14-16(25-8-7-18(14)31-12-21(22,23)24)11-33-34-19-26-15-5-3-4-6-17(15)27(19)13-32-20(28)30-10-9-29-2/h3-8H,9-13H2,1-2H3. The van der Waals surface area contributed by atoms with Crippen molar-refractivity contribution in [3.63, 3.8) is 0 Å². The molecule has 0 saturated carbocycles. The molecule has 184 valence electrons. The highest BCUT2D eigenvalue weighted by Gasteiger charge is 2.28. The van der Waals surface area contributed by atoms with E-state index in [-0.39, 0.29) is 32.3 Å². The number of carbonyl (C=O) groups excluding carboxylic acids is 1. The Morgan fingerprint density at radius 1 is 1.15 bits per heavy atom. The van der Waals surface area contributed by atoms with Crippen LogP contribution in [0.4, 0.5) is 18.0 Å². The smallest absolute Gasteiger partial charge is 0.484 e. The quantitative estimate of drug-likeness (QED) is 0.211. The minimum atomic E-state index is -4.44. The summed E-state index contributed by atoms with van der Waals surface area (Å²) in [7, 11) is 1.48. The van der Waals surface area contributed by atoms with Crippen LogP contribution < -0.4 is 4.74 Å². The molecule has 0 unspecified atom stereocenters. The molecule has 0 bridgehead atoms. The lowest BCUT2D eigenvalue weighted by atomic mass is 10.2. The number of rotatable bonds is 11. The number of halogens is 3. The van der Waals surface area contributed by atoms with Crippen LogP contribution in [0.5, 0.6) is 5.75 Å². The summed E-state index contributed by atoms with van der Waals surface area (Å²) in [5.74, 6) is 0.0727. The number of carbonyl (C=O) groups is 1. The molecule has 0 atom stereocenters. The fourth-order valence-electron chi connectivity index (χ4n) is 2.77. The van der Waals surface area contributed by atoms with Crippen LogP contribution >= 0.6 is 12.0 Å². The van der Waals surface area contributed by atoms with Gasteiger partial charge in [0.1, 0.15) is 19.0 Å². The summed E-state index contributed by atoms with van der Waals surface area (Å²) >= 11 is 0.912. The maximum Gasteiger partial charge on any atom is 0.510 e. The normalized spacial score (nSPS) is 11.6. The lowest BCUT2D eigenvalue weighted by Gasteiger charge is -2.13. The largest absolute Gasteiger partial charge is 0.510 e. The molecule has 13 heteroatoms. The van der Waals surface area contributed by atoms with Crippen LogP contribution in [0.2, 0.25) is 0 Å². The van der Waals surface area contributed by atoms with Gasteiger partial charge in [0, 0.05) is 18.9 Å². The van der Waals surface area contributed by atoms with E-state index < -0.39 is 18.9 Å². The predicted molar refractivity (Wildman–Crippen MR) is 115 cm³/mol. The molecule has 0 aliphatic carbocycles. The summed E-state index contributed by atoms with van der Waals surface area (Å²) in [6.45, 7) is 0.306. The molecule has 0 radical (unpaired) electrons. The van der Waals surface area contributed by atoms with Crippen LogP contribution in [0.25, 0.3) is 11.0 Å². The average Bonchev–Trinajstić information content (AvgIpc) is 3.15. The Bertz CT molecular complexity index is 1110. The summed E-state index contributed by atoms with van der Waals surface area (Å²) in [5.41, 5.74) is 2.20. The van der Waals surface area contributed by atoms with Gasteiger partial charge in [-0.2, -0.15) is 13.2 Å². The van der Waals surface area contributed by atoms with Crippen molar-refractivity contribution in [3.8, 4) is 5.75 Å². The van der Waals surface area contributed by atoms with E-state index >= 15 is 0 Å². The fraction of sp³-hybridized carbons (Fsp3) is 0.381. The number of fused-ring (bicyclic) bond motifs is 1. The van der Waals surface area contributed by atoms with Crippen molar-refractivity contribution >= 4 is 29.2 Å². The zero-order chi connectivity index (χ0) is 24.6. The number of para-hydroxylation sites is 2. The summed E-state index contributed by atoms with van der Waals surface area (Å²) in [5, 5.41) is 0.396. The zero-order valence-corrected chi connectivity index (χ0v) is 19.1. The van der Waals surface area contributed by atoms with Crippen LogP contribution in [0.1, 0.15) is 11.3 Å². The molecular formula is C21H22F3N3O6S. The minimum absolute atomic E-state index is 0.0250. The first kappa shape index (κ1) is 25.6. The van der Waals surface area contributed by atoms with Gasteiger partial charge in [0.15, 0.2) is 18.5 Å². The predicted octanol–water partition coefficient (Wildman–Crippen LogP) is 4.66. The molecule has 1 aromatic carbocycles. The van der Waals surface area contributed by atoms with Crippen LogP contribution in [0.15, 0.2) is 41.7 Å². The second-order valence-corrected chi connectivity index (χ2v) is 7.57. The lowest BCUT2D eigenvalue weighted by molar-refractivity contribution is -0.153. The summed E-state index contributed by atoms with van der Waals surface area (Å²) in [6.07, 6.45) is -3.96. The number of aromatic nitrogens is 3. The third kappa shape index (κ3) is 7.23. The molecule has 2 heterocycles. The van der Waals surface area contributed by atoms with E-state index in [4.69, 9.17) is 23.1 Å². The highest BCUT2D eigenvalue weighted by Crippen LogP contribution is 2.28. The van der Waals surface area contributed by atoms with Gasteiger partial charge in [0.25, 0.3) is 0 Å². The molecule has 34 heavy (non-hydrogen) atoms. The average molecular weight is 501 g/mol. The highest BCUT2D eigenvalue weighted by atomic mass is 32.2. The van der Waals surface area contributed by atoms with Crippen molar-refractivity contribution in [3.05, 3.63) is 47.8 Å². The third-order valence-electron chi connectivity index (χ3n) is 4.42. The first-order valence-corrected chi connectivity index (χ1v) is 10.7. The van der Waals surface area contributed by atoms with E-state index in [1.54, 1.807) is 23.6 Å². The minimum Gasteiger partial charge on any atom is -0.484 e. The second kappa shape index (κ2) is 11.9. The Morgan fingerprint density at radius 3 is 2.71 bits per heavy atom. The van der Waals surface area contributed by atoms with Crippen LogP contribution in [-0.2, 0) is 31.7 Å². The number of nitrogens with zero attached hydrogens (tertiary/aromatic N) is 3. The molecule has 0 fully saturated rings. The van der Waals surface area contributed by atoms with Crippen LogP contribution in [-0.4, -0.2) is 53.8 Å². The Labute approximate surface area is 197 Å². The number of imidazole rings is 1. The van der Waals surface area contributed by atoms with Gasteiger partial charge in [0.05, 0.1) is 35.4 Å². The van der Waals surface area contributed by atoms with Gasteiger partial charge in [-0.1, -0.05) is 12.1 Å². The molecule has 0 amide bonds. The van der Waals surface area contributed by atoms with E-state index in [0.717, 1.165) is 12.0 Å². The van der Waals surface area contributed by atoms with Crippen molar-refractivity contribution in [1.29, 1.82) is 0 Å². The maximum absolute atomic E-state index is 12.5. The molecule has 3 aromatic rings. The van der Waals surface area contributed by atoms with Crippen molar-refractivity contribution in [2.45, 2.75) is 31.6 Å². The molecule has 9 nitrogen and oxygen atoms in total. The van der Waals surface area contributed by atoms with Gasteiger partial charge in [0.2, 0.25) is 0 Å². The van der Waals surface area contributed by atoms with Crippen LogP contribution in [0, 0.1) is 6.92 Å². The number of ether oxygens (including phenoxy) is 4. The summed E-state index contributed by atoms with van der Waals surface area (Å²) < 4.78 is 64.3. The maximum atomic E-state index is 12.5. The zero-order valence-electron chi connectivity index (χ0n) is 18.3. The molecule has 0 N–H and O–H groups in total. The number of benzene rings is 1. The fourth-order valence-corrected chi connectivity index (χ4v) is 3.42. The summed E-state index contributed by atoms with van der Waals surface area (Å²) in [6, 6.07) is 8.58. The molecule has 0 saturated heterocycles. The Kier molecular flexibility index (Phi) is 8.96. The molecule has 0 aliphatic rings. The molecular weight excluding hydrogens is 479 g/mol. The number of alkyl halides is 3. The second-order valence-electron chi connectivity index (χ2n) is 6.81. The number of hydrogen-bond donors (Lipinski definition) is 0. The molecule has 0 spiro atoms. The topological polar surface area (TPSA) is 93.9 Å². The van der Waals surface area contributed by atoms with Gasteiger partial charge >= 0.3 is 12.3 Å². The lowest BCUT2D eigenvalue weighted by Crippen LogP contribution is -2.19. The summed E-state index contributed by atoms with van der Waals surface area (Å²) in [4.78, 5) is 20.4. The van der Waals surface area contributed by atoms with Crippen LogP contribution in [0.3, 0.4) is 0 Å². The van der Waals surface area contributed by atoms with Gasteiger partial charge < -0.3 is 23.1 Å². The first-order valence-electron chi connectivity index (χ1n) is 9.95. The van der Waals surface area contributed by atoms with E-state index in [0.29, 0.717) is 27.4 Å². The van der Waals surface area contributed by atoms with E-state index in [9.17, 15) is 18.0 Å². The van der Waals surface area contributed by atoms with Gasteiger partial charge in [-0.15, -0.1) is 0 Å². The Morgan fingerprint density at radius 2 is 1.94 bits per heavy atom. The van der Waals surface area contributed by atoms with E-state index in [1.165, 1.54) is 19.4 Å². The monoisotopic (exact) mass is 501 g/mol. The van der Waals surface area contributed by atoms with Crippen molar-refractivity contribution in [2.24, 2.45) is 0 Å². The van der Waals surface area contributed by atoms with Gasteiger partial charge in [-0.25, -0.2) is 9.78 Å². The highest BCUT2D eigenvalue weighted by molar-refractivity contribution is 7.94. The molecule has 3 rings (SSSR count). The molecule has 0 aliphatic heterocycles. The van der Waals surface area contributed by atoms with Gasteiger partial charge in [-0.05, 0) is 25.1 Å². The van der Waals surface area contributed by atoms with Crippen molar-refractivity contribution in [1.82, 2.24) is 14.5 Å². The number of pyridine rings is 1. The number of methoxy groups -OCH3 is 1. The third-order valence-corrected chi connectivity index (χ3v) is 5.11. The van der Waals surface area contributed by atoms with E-state index in [2.05, 4.69) is 9.97 Å². The van der Waals surface area contributed by atoms with Gasteiger partial charge in [-0.3, -0.25) is 9.55 Å². The van der Waals surface area contributed by atoms with E-state index in [1.807, 2.05) is 12.1 Å². The molecule has 2 aromatic heterocycles. The van der Waals surface area contributed by atoms with Crippen molar-refractivity contribution in [2.75, 3.05) is 26.9 Å². The SMILES string of the molecule is COCCOC(=O)OCn1c(SOCc2nccc(OCC(F)(F)F)c2C)nc2ccccc21. The Hall–Kier alpha value is -3.03. The Balaban J connectivity index is 1.65. The number of hydrogen-bond acceptors (Lipinski definition) is 9. The first-order chi connectivity index (χ1) is 16.3.